The highest BCUT2D eigenvalue weighted by Crippen LogP contribution is 2.34. The summed E-state index contributed by atoms with van der Waals surface area (Å²) < 4.78 is 0. The van der Waals surface area contributed by atoms with Gasteiger partial charge in [-0.2, -0.15) is 4.99 Å². The van der Waals surface area contributed by atoms with Gasteiger partial charge in [0, 0.05) is 0 Å². The van der Waals surface area contributed by atoms with Crippen LogP contribution in [0.4, 0.5) is 0 Å². The van der Waals surface area contributed by atoms with E-state index in [9.17, 15) is 4.79 Å². The van der Waals surface area contributed by atoms with Crippen LogP contribution in [-0.4, -0.2) is 11.1 Å². The third-order valence-electron chi connectivity index (χ3n) is 2.39. The molecular weight excluding hydrogens is 184 g/mol. The summed E-state index contributed by atoms with van der Waals surface area (Å²) >= 11 is 1.34. The maximum absolute atomic E-state index is 11.3. The standard InChI is InChI=1S/C9H12N2OS/c10-9-11-8(12)7(13-9)6-4-2-1-3-5-6/h1-5H2,(H2,10,11,12). The van der Waals surface area contributed by atoms with Crippen molar-refractivity contribution < 1.29 is 4.79 Å². The summed E-state index contributed by atoms with van der Waals surface area (Å²) in [6, 6.07) is 0. The summed E-state index contributed by atoms with van der Waals surface area (Å²) in [7, 11) is 0. The van der Waals surface area contributed by atoms with Crippen molar-refractivity contribution in [2.75, 3.05) is 0 Å². The Kier molecular flexibility index (Phi) is 2.40. The van der Waals surface area contributed by atoms with Crippen LogP contribution in [0.3, 0.4) is 0 Å². The lowest BCUT2D eigenvalue weighted by Gasteiger charge is -2.14. The van der Waals surface area contributed by atoms with Crippen molar-refractivity contribution in [1.29, 1.82) is 0 Å². The Morgan fingerprint density at radius 1 is 1.23 bits per heavy atom. The normalized spacial score (nSPS) is 23.7. The number of nitrogens with zero attached hydrogens (tertiary/aromatic N) is 1. The van der Waals surface area contributed by atoms with Crippen molar-refractivity contribution >= 4 is 22.8 Å². The molecule has 0 aromatic carbocycles. The first-order valence-electron chi connectivity index (χ1n) is 4.56. The Morgan fingerprint density at radius 2 is 1.92 bits per heavy atom. The Labute approximate surface area is 81.5 Å². The van der Waals surface area contributed by atoms with Gasteiger partial charge in [-0.05, 0) is 37.4 Å². The second-order valence-corrected chi connectivity index (χ2v) is 4.38. The van der Waals surface area contributed by atoms with Crippen molar-refractivity contribution in [2.45, 2.75) is 32.1 Å². The Balaban J connectivity index is 2.20. The molecule has 2 aliphatic rings. The van der Waals surface area contributed by atoms with Gasteiger partial charge in [0.1, 0.15) is 0 Å². The maximum Gasteiger partial charge on any atom is 0.286 e. The van der Waals surface area contributed by atoms with E-state index < -0.39 is 0 Å². The lowest BCUT2D eigenvalue weighted by atomic mass is 9.94. The summed E-state index contributed by atoms with van der Waals surface area (Å²) in [6.45, 7) is 0. The van der Waals surface area contributed by atoms with Gasteiger partial charge in [-0.1, -0.05) is 12.0 Å². The van der Waals surface area contributed by atoms with Crippen LogP contribution in [0.25, 0.3) is 0 Å². The molecule has 1 aliphatic heterocycles. The van der Waals surface area contributed by atoms with Crippen LogP contribution < -0.4 is 5.73 Å². The van der Waals surface area contributed by atoms with Crippen molar-refractivity contribution in [1.82, 2.24) is 0 Å². The maximum atomic E-state index is 11.3. The van der Waals surface area contributed by atoms with E-state index in [1.54, 1.807) is 0 Å². The van der Waals surface area contributed by atoms with E-state index in [4.69, 9.17) is 5.73 Å². The molecule has 3 nitrogen and oxygen atoms in total. The molecule has 1 aliphatic carbocycles. The summed E-state index contributed by atoms with van der Waals surface area (Å²) in [5.41, 5.74) is 6.75. The van der Waals surface area contributed by atoms with E-state index in [-0.39, 0.29) is 5.91 Å². The zero-order valence-electron chi connectivity index (χ0n) is 7.38. The van der Waals surface area contributed by atoms with Crippen LogP contribution in [0.2, 0.25) is 0 Å². The van der Waals surface area contributed by atoms with Crippen LogP contribution in [0.1, 0.15) is 32.1 Å². The van der Waals surface area contributed by atoms with E-state index in [2.05, 4.69) is 4.99 Å². The number of thioether (sulfide) groups is 1. The van der Waals surface area contributed by atoms with Gasteiger partial charge in [0.2, 0.25) is 0 Å². The van der Waals surface area contributed by atoms with Crippen LogP contribution in [-0.2, 0) is 4.79 Å². The van der Waals surface area contributed by atoms with E-state index >= 15 is 0 Å². The molecule has 4 heteroatoms. The minimum atomic E-state index is -0.126. The van der Waals surface area contributed by atoms with Crippen LogP contribution in [0.15, 0.2) is 15.5 Å². The zero-order chi connectivity index (χ0) is 9.26. The zero-order valence-corrected chi connectivity index (χ0v) is 8.19. The Bertz CT molecular complexity index is 299. The highest BCUT2D eigenvalue weighted by Gasteiger charge is 2.24. The summed E-state index contributed by atoms with van der Waals surface area (Å²) in [6.07, 6.45) is 5.79. The van der Waals surface area contributed by atoms with Crippen LogP contribution >= 0.6 is 11.8 Å². The predicted molar refractivity (Wildman–Crippen MR) is 54.3 cm³/mol. The minimum absolute atomic E-state index is 0.126. The number of amidine groups is 1. The molecule has 1 saturated carbocycles. The first kappa shape index (κ1) is 8.81. The van der Waals surface area contributed by atoms with Crippen LogP contribution in [0.5, 0.6) is 0 Å². The van der Waals surface area contributed by atoms with Gasteiger partial charge in [0.15, 0.2) is 5.17 Å². The summed E-state index contributed by atoms with van der Waals surface area (Å²) in [5, 5.41) is 0.401. The molecule has 0 aromatic rings. The lowest BCUT2D eigenvalue weighted by molar-refractivity contribution is -0.113. The number of aliphatic imine (C=N–C) groups is 1. The molecule has 0 aromatic heterocycles. The van der Waals surface area contributed by atoms with Gasteiger partial charge < -0.3 is 5.73 Å². The van der Waals surface area contributed by atoms with E-state index in [0.717, 1.165) is 17.7 Å². The summed E-state index contributed by atoms with van der Waals surface area (Å²) in [5.74, 6) is -0.126. The third-order valence-corrected chi connectivity index (χ3v) is 3.36. The molecular formula is C9H12N2OS. The molecule has 0 spiro atoms. The number of amides is 1. The molecule has 13 heavy (non-hydrogen) atoms. The Morgan fingerprint density at radius 3 is 2.46 bits per heavy atom. The number of carbonyl (C=O) groups excluding carboxylic acids is 1. The fraction of sp³-hybridized carbons (Fsp3) is 0.556. The second kappa shape index (κ2) is 3.54. The van der Waals surface area contributed by atoms with Crippen molar-refractivity contribution in [3.8, 4) is 0 Å². The smallest absolute Gasteiger partial charge is 0.286 e. The van der Waals surface area contributed by atoms with Crippen LogP contribution in [0, 0.1) is 0 Å². The highest BCUT2D eigenvalue weighted by atomic mass is 32.2. The number of hydrogen-bond acceptors (Lipinski definition) is 3. The molecule has 70 valence electrons. The molecule has 1 amide bonds. The van der Waals surface area contributed by atoms with Gasteiger partial charge >= 0.3 is 0 Å². The third kappa shape index (κ3) is 1.77. The average molecular weight is 196 g/mol. The Hall–Kier alpha value is -0.770. The predicted octanol–water partition coefficient (Wildman–Crippen LogP) is 1.79. The molecule has 2 N–H and O–H groups in total. The lowest BCUT2D eigenvalue weighted by Crippen LogP contribution is -2.02. The fourth-order valence-corrected chi connectivity index (χ4v) is 2.57. The monoisotopic (exact) mass is 196 g/mol. The van der Waals surface area contributed by atoms with Gasteiger partial charge in [-0.25, -0.2) is 0 Å². The first-order valence-corrected chi connectivity index (χ1v) is 5.37. The SMILES string of the molecule is NC1=NC(=O)C(=C2CCCCC2)S1. The van der Waals surface area contributed by atoms with Crippen molar-refractivity contribution in [2.24, 2.45) is 10.7 Å². The molecule has 1 heterocycles. The number of nitrogens with two attached hydrogens (primary N) is 1. The quantitative estimate of drug-likeness (QED) is 0.601. The minimum Gasteiger partial charge on any atom is -0.378 e. The van der Waals surface area contributed by atoms with E-state index in [1.807, 2.05) is 0 Å². The fourth-order valence-electron chi connectivity index (χ4n) is 1.75. The molecule has 0 bridgehead atoms. The van der Waals surface area contributed by atoms with Crippen molar-refractivity contribution in [3.63, 3.8) is 0 Å². The van der Waals surface area contributed by atoms with Gasteiger partial charge in [0.25, 0.3) is 5.91 Å². The van der Waals surface area contributed by atoms with Gasteiger partial charge in [-0.3, -0.25) is 4.79 Å². The number of hydrogen-bond donors (Lipinski definition) is 1. The average Bonchev–Trinajstić information content (AvgIpc) is 2.47. The highest BCUT2D eigenvalue weighted by molar-refractivity contribution is 8.18. The molecule has 0 saturated heterocycles. The molecule has 0 radical (unpaired) electrons. The van der Waals surface area contributed by atoms with Gasteiger partial charge in [0.05, 0.1) is 4.91 Å². The topological polar surface area (TPSA) is 55.4 Å². The number of allylic oxidation sites excluding steroid dienone is 1. The molecule has 0 atom stereocenters. The van der Waals surface area contributed by atoms with Crippen molar-refractivity contribution in [3.05, 3.63) is 10.5 Å². The number of rotatable bonds is 0. The van der Waals surface area contributed by atoms with E-state index in [1.165, 1.54) is 36.6 Å². The molecule has 1 fully saturated rings. The molecule has 2 rings (SSSR count). The second-order valence-electron chi connectivity index (χ2n) is 3.35. The largest absolute Gasteiger partial charge is 0.378 e. The first-order chi connectivity index (χ1) is 6.27. The summed E-state index contributed by atoms with van der Waals surface area (Å²) in [4.78, 5) is 15.8. The van der Waals surface area contributed by atoms with Gasteiger partial charge in [-0.15, -0.1) is 0 Å². The number of carbonyl (C=O) groups is 1. The molecule has 0 unspecified atom stereocenters. The van der Waals surface area contributed by atoms with E-state index in [0.29, 0.717) is 5.17 Å².